The molecule has 3 aliphatic rings. The van der Waals surface area contributed by atoms with Gasteiger partial charge >= 0.3 is 0 Å². The molecule has 0 bridgehead atoms. The summed E-state index contributed by atoms with van der Waals surface area (Å²) in [5, 5.41) is 10.4. The molecule has 2 heterocycles. The fraction of sp³-hybridized carbons (Fsp3) is 0.692. The maximum atomic E-state index is 14.1. The number of hydrogen-bond acceptors (Lipinski definition) is 4. The van der Waals surface area contributed by atoms with Gasteiger partial charge in [-0.25, -0.2) is 0 Å². The fourth-order valence-corrected chi connectivity index (χ4v) is 6.36. The monoisotopic (exact) mass is 442 g/mol. The molecule has 2 saturated heterocycles. The van der Waals surface area contributed by atoms with E-state index in [0.717, 1.165) is 31.2 Å². The Balaban J connectivity index is 1.74. The molecule has 6 nitrogen and oxygen atoms in total. The summed E-state index contributed by atoms with van der Waals surface area (Å²) < 4.78 is 5.27. The first kappa shape index (κ1) is 23.2. The van der Waals surface area contributed by atoms with E-state index in [2.05, 4.69) is 0 Å². The van der Waals surface area contributed by atoms with Gasteiger partial charge in [-0.05, 0) is 50.0 Å². The van der Waals surface area contributed by atoms with Crippen molar-refractivity contribution >= 4 is 11.8 Å². The summed E-state index contributed by atoms with van der Waals surface area (Å²) in [6.45, 7) is 1.71. The average Bonchev–Trinajstić information content (AvgIpc) is 3.41. The second-order valence-corrected chi connectivity index (χ2v) is 9.89. The maximum absolute atomic E-state index is 14.1. The zero-order valence-corrected chi connectivity index (χ0v) is 19.4. The van der Waals surface area contributed by atoms with Crippen LogP contribution in [0.5, 0.6) is 0 Å². The van der Waals surface area contributed by atoms with Crippen molar-refractivity contribution in [2.24, 2.45) is 11.8 Å². The van der Waals surface area contributed by atoms with Crippen molar-refractivity contribution in [2.75, 3.05) is 33.4 Å². The van der Waals surface area contributed by atoms with Crippen molar-refractivity contribution in [3.8, 4) is 0 Å². The molecule has 3 atom stereocenters. The van der Waals surface area contributed by atoms with Crippen molar-refractivity contribution in [2.45, 2.75) is 69.4 Å². The number of benzene rings is 1. The highest BCUT2D eigenvalue weighted by atomic mass is 16.5. The van der Waals surface area contributed by atoms with Crippen LogP contribution >= 0.6 is 0 Å². The molecule has 0 radical (unpaired) electrons. The van der Waals surface area contributed by atoms with Crippen LogP contribution < -0.4 is 0 Å². The third-order valence-corrected chi connectivity index (χ3v) is 7.89. The second kappa shape index (κ2) is 10.3. The Morgan fingerprint density at radius 3 is 2.59 bits per heavy atom. The van der Waals surface area contributed by atoms with Crippen LogP contribution in [0.4, 0.5) is 0 Å². The number of aliphatic hydroxyl groups is 1. The summed E-state index contributed by atoms with van der Waals surface area (Å²) in [4.78, 5) is 31.8. The zero-order valence-electron chi connectivity index (χ0n) is 19.4. The Morgan fingerprint density at radius 1 is 1.16 bits per heavy atom. The minimum atomic E-state index is -0.867. The number of amides is 2. The number of nitrogens with zero attached hydrogens (tertiary/aromatic N) is 2. The Hall–Kier alpha value is -1.92. The van der Waals surface area contributed by atoms with E-state index < -0.39 is 5.54 Å². The Bertz CT molecular complexity index is 779. The van der Waals surface area contributed by atoms with Gasteiger partial charge in [0.05, 0.1) is 12.6 Å². The summed E-state index contributed by atoms with van der Waals surface area (Å²) >= 11 is 0. The van der Waals surface area contributed by atoms with Gasteiger partial charge in [-0.3, -0.25) is 9.59 Å². The van der Waals surface area contributed by atoms with Gasteiger partial charge in [0.1, 0.15) is 5.54 Å². The van der Waals surface area contributed by atoms with Crippen LogP contribution in [0.3, 0.4) is 0 Å². The molecular weight excluding hydrogens is 404 g/mol. The van der Waals surface area contributed by atoms with E-state index in [1.807, 2.05) is 40.1 Å². The molecule has 2 amide bonds. The van der Waals surface area contributed by atoms with Crippen LogP contribution in [0.25, 0.3) is 0 Å². The first-order chi connectivity index (χ1) is 15.6. The van der Waals surface area contributed by atoms with Gasteiger partial charge < -0.3 is 19.6 Å². The molecule has 1 aromatic rings. The molecule has 0 aromatic heterocycles. The molecule has 1 N–H and O–H groups in total. The molecule has 1 aromatic carbocycles. The highest BCUT2D eigenvalue weighted by Gasteiger charge is 2.59. The third-order valence-electron chi connectivity index (χ3n) is 7.89. The van der Waals surface area contributed by atoms with Gasteiger partial charge in [-0.15, -0.1) is 0 Å². The molecule has 1 saturated carbocycles. The number of ether oxygens (including phenoxy) is 1. The SMILES string of the molecule is COCCN1CCCC[C@]2(C[C@H](CO)[C@H](c3ccccc3)N2C(=O)CC2CCCC2)C1=O. The van der Waals surface area contributed by atoms with E-state index in [0.29, 0.717) is 44.9 Å². The van der Waals surface area contributed by atoms with Crippen LogP contribution in [-0.4, -0.2) is 65.7 Å². The lowest BCUT2D eigenvalue weighted by atomic mass is 9.85. The molecule has 1 spiro atoms. The van der Waals surface area contributed by atoms with Gasteiger partial charge in [-0.2, -0.15) is 0 Å². The van der Waals surface area contributed by atoms with E-state index in [1.54, 1.807) is 7.11 Å². The molecule has 1 aliphatic carbocycles. The minimum absolute atomic E-state index is 0.0279. The van der Waals surface area contributed by atoms with Crippen molar-refractivity contribution in [1.82, 2.24) is 9.80 Å². The normalized spacial score (nSPS) is 29.1. The molecule has 0 unspecified atom stereocenters. The first-order valence-corrected chi connectivity index (χ1v) is 12.4. The number of carbonyl (C=O) groups is 2. The van der Waals surface area contributed by atoms with Crippen LogP contribution in [-0.2, 0) is 14.3 Å². The first-order valence-electron chi connectivity index (χ1n) is 12.4. The highest BCUT2D eigenvalue weighted by Crippen LogP contribution is 2.51. The molecule has 2 aliphatic heterocycles. The lowest BCUT2D eigenvalue weighted by molar-refractivity contribution is -0.154. The predicted molar refractivity (Wildman–Crippen MR) is 123 cm³/mol. The third kappa shape index (κ3) is 4.44. The van der Waals surface area contributed by atoms with Crippen molar-refractivity contribution in [1.29, 1.82) is 0 Å². The number of carbonyl (C=O) groups excluding carboxylic acids is 2. The summed E-state index contributed by atoms with van der Waals surface area (Å²) in [5.74, 6) is 0.401. The molecule has 4 rings (SSSR count). The Morgan fingerprint density at radius 2 is 1.91 bits per heavy atom. The van der Waals surface area contributed by atoms with E-state index in [4.69, 9.17) is 4.74 Å². The minimum Gasteiger partial charge on any atom is -0.396 e. The van der Waals surface area contributed by atoms with E-state index in [1.165, 1.54) is 12.8 Å². The van der Waals surface area contributed by atoms with Crippen LogP contribution in [0, 0.1) is 11.8 Å². The number of aliphatic hydroxyl groups excluding tert-OH is 1. The Labute approximate surface area is 191 Å². The van der Waals surface area contributed by atoms with Gasteiger partial charge in [0.15, 0.2) is 0 Å². The quantitative estimate of drug-likeness (QED) is 0.701. The number of rotatable bonds is 7. The fourth-order valence-electron chi connectivity index (χ4n) is 6.36. The van der Waals surface area contributed by atoms with Gasteiger partial charge in [0.25, 0.3) is 0 Å². The lowest BCUT2D eigenvalue weighted by Crippen LogP contribution is -2.58. The van der Waals surface area contributed by atoms with E-state index in [9.17, 15) is 14.7 Å². The van der Waals surface area contributed by atoms with Crippen LogP contribution in [0.2, 0.25) is 0 Å². The van der Waals surface area contributed by atoms with Gasteiger partial charge in [-0.1, -0.05) is 43.2 Å². The summed E-state index contributed by atoms with van der Waals surface area (Å²) in [6.07, 6.45) is 8.12. The molecule has 176 valence electrons. The highest BCUT2D eigenvalue weighted by molar-refractivity contribution is 5.93. The summed E-state index contributed by atoms with van der Waals surface area (Å²) in [6, 6.07) is 9.73. The molecule has 32 heavy (non-hydrogen) atoms. The number of methoxy groups -OCH3 is 1. The van der Waals surface area contributed by atoms with Crippen molar-refractivity contribution < 1.29 is 19.4 Å². The van der Waals surface area contributed by atoms with Crippen molar-refractivity contribution in [3.63, 3.8) is 0 Å². The standard InChI is InChI=1S/C26H38N2O4/c1-32-16-15-27-14-8-7-13-26(25(27)31)18-22(19-29)24(21-11-3-2-4-12-21)28(26)23(30)17-20-9-5-6-10-20/h2-4,11-12,20,22,24,29H,5-10,13-19H2,1H3/t22-,24+,26+/m1/s1. The molecule has 6 heteroatoms. The van der Waals surface area contributed by atoms with Crippen LogP contribution in [0.1, 0.15) is 69.4 Å². The summed E-state index contributed by atoms with van der Waals surface area (Å²) in [7, 11) is 1.65. The van der Waals surface area contributed by atoms with Crippen molar-refractivity contribution in [3.05, 3.63) is 35.9 Å². The smallest absolute Gasteiger partial charge is 0.248 e. The topological polar surface area (TPSA) is 70.1 Å². The maximum Gasteiger partial charge on any atom is 0.248 e. The zero-order chi connectivity index (χ0) is 22.6. The number of hydrogen-bond donors (Lipinski definition) is 1. The summed E-state index contributed by atoms with van der Waals surface area (Å²) in [5.41, 5.74) is 0.150. The predicted octanol–water partition coefficient (Wildman–Crippen LogP) is 3.55. The Kier molecular flexibility index (Phi) is 7.51. The average molecular weight is 443 g/mol. The van der Waals surface area contributed by atoms with Gasteiger partial charge in [0.2, 0.25) is 11.8 Å². The van der Waals surface area contributed by atoms with E-state index in [-0.39, 0.29) is 30.4 Å². The second-order valence-electron chi connectivity index (χ2n) is 9.89. The number of likely N-dealkylation sites (tertiary alicyclic amines) is 2. The van der Waals surface area contributed by atoms with E-state index >= 15 is 0 Å². The van der Waals surface area contributed by atoms with Crippen LogP contribution in [0.15, 0.2) is 30.3 Å². The molecule has 3 fully saturated rings. The molecular formula is C26H38N2O4. The lowest BCUT2D eigenvalue weighted by Gasteiger charge is -2.42. The largest absolute Gasteiger partial charge is 0.396 e. The van der Waals surface area contributed by atoms with Gasteiger partial charge in [0, 0.05) is 39.1 Å².